The summed E-state index contributed by atoms with van der Waals surface area (Å²) >= 11 is 6.07. The lowest BCUT2D eigenvalue weighted by molar-refractivity contribution is 0.103. The van der Waals surface area contributed by atoms with Gasteiger partial charge in [-0.05, 0) is 30.3 Å². The second-order valence-corrected chi connectivity index (χ2v) is 5.61. The maximum Gasteiger partial charge on any atom is 0.264 e. The van der Waals surface area contributed by atoms with Crippen molar-refractivity contribution >= 4 is 17.4 Å². The smallest absolute Gasteiger partial charge is 0.264 e. The van der Waals surface area contributed by atoms with Crippen LogP contribution in [-0.4, -0.2) is 21.0 Å². The van der Waals surface area contributed by atoms with Gasteiger partial charge in [-0.3, -0.25) is 9.59 Å². The van der Waals surface area contributed by atoms with Gasteiger partial charge in [0.2, 0.25) is 5.78 Å². The third-order valence-electron chi connectivity index (χ3n) is 3.68. The third kappa shape index (κ3) is 3.10. The summed E-state index contributed by atoms with van der Waals surface area (Å²) in [7, 11) is 0. The van der Waals surface area contributed by atoms with Gasteiger partial charge in [-0.1, -0.05) is 30.7 Å². The molecule has 2 N–H and O–H groups in total. The van der Waals surface area contributed by atoms with Gasteiger partial charge in [0.1, 0.15) is 0 Å². The average molecular weight is 328 g/mol. The number of aromatic nitrogens is 3. The Morgan fingerprint density at radius 3 is 2.61 bits per heavy atom. The van der Waals surface area contributed by atoms with E-state index >= 15 is 0 Å². The maximum absolute atomic E-state index is 12.5. The molecule has 2 heterocycles. The Bertz CT molecular complexity index is 893. The fraction of sp³-hybridized carbons (Fsp3) is 0.118. The summed E-state index contributed by atoms with van der Waals surface area (Å²) in [5.41, 5.74) is 2.21. The molecule has 1 unspecified atom stereocenters. The summed E-state index contributed by atoms with van der Waals surface area (Å²) < 4.78 is 0. The fourth-order valence-corrected chi connectivity index (χ4v) is 2.56. The minimum Gasteiger partial charge on any atom is -0.355 e. The first kappa shape index (κ1) is 15.2. The van der Waals surface area contributed by atoms with Crippen LogP contribution in [0.2, 0.25) is 5.02 Å². The predicted molar refractivity (Wildman–Crippen MR) is 88.1 cm³/mol. The molecule has 1 aromatic carbocycles. The molecule has 0 spiro atoms. The molecule has 0 aliphatic carbocycles. The van der Waals surface area contributed by atoms with Gasteiger partial charge in [0.05, 0.1) is 16.4 Å². The minimum absolute atomic E-state index is 0.0837. The summed E-state index contributed by atoms with van der Waals surface area (Å²) in [4.78, 5) is 26.7. The first-order valence-electron chi connectivity index (χ1n) is 7.10. The number of carbonyl (C=O) groups excluding carboxylic acids is 1. The van der Waals surface area contributed by atoms with Crippen LogP contribution in [0.25, 0.3) is 0 Å². The fourth-order valence-electron chi connectivity index (χ4n) is 2.34. The highest BCUT2D eigenvalue weighted by atomic mass is 35.5. The highest BCUT2D eigenvalue weighted by Crippen LogP contribution is 2.23. The van der Waals surface area contributed by atoms with Gasteiger partial charge in [0.25, 0.3) is 5.56 Å². The van der Waals surface area contributed by atoms with Crippen molar-refractivity contribution in [2.24, 2.45) is 0 Å². The Balaban J connectivity index is 1.88. The number of nitrogens with one attached hydrogen (secondary N) is 2. The van der Waals surface area contributed by atoms with Crippen molar-refractivity contribution < 1.29 is 4.79 Å². The van der Waals surface area contributed by atoms with Crippen LogP contribution in [-0.2, 0) is 0 Å². The molecule has 0 aliphatic heterocycles. The van der Waals surface area contributed by atoms with Crippen LogP contribution < -0.4 is 5.56 Å². The second kappa shape index (κ2) is 6.22. The number of halogens is 1. The van der Waals surface area contributed by atoms with Gasteiger partial charge in [-0.25, -0.2) is 5.10 Å². The van der Waals surface area contributed by atoms with Crippen molar-refractivity contribution in [2.45, 2.75) is 12.8 Å². The van der Waals surface area contributed by atoms with E-state index in [4.69, 9.17) is 11.6 Å². The van der Waals surface area contributed by atoms with Gasteiger partial charge in [-0.2, -0.15) is 5.10 Å². The lowest BCUT2D eigenvalue weighted by atomic mass is 10.0. The van der Waals surface area contributed by atoms with E-state index < -0.39 is 0 Å². The quantitative estimate of drug-likeness (QED) is 0.722. The zero-order chi connectivity index (χ0) is 16.4. The summed E-state index contributed by atoms with van der Waals surface area (Å²) in [6, 6.07) is 13.6. The number of hydrogen-bond acceptors (Lipinski definition) is 3. The molecule has 6 heteroatoms. The second-order valence-electron chi connectivity index (χ2n) is 5.20. The third-order valence-corrected chi connectivity index (χ3v) is 4.01. The Kier molecular flexibility index (Phi) is 4.12. The van der Waals surface area contributed by atoms with Gasteiger partial charge in [-0.15, -0.1) is 0 Å². The molecule has 0 radical (unpaired) electrons. The van der Waals surface area contributed by atoms with Crippen LogP contribution in [0.1, 0.15) is 40.3 Å². The number of ketones is 1. The van der Waals surface area contributed by atoms with Gasteiger partial charge < -0.3 is 4.98 Å². The largest absolute Gasteiger partial charge is 0.355 e. The predicted octanol–water partition coefficient (Wildman–Crippen LogP) is 3.13. The normalized spacial score (nSPS) is 12.1. The molecule has 2 aromatic heterocycles. The van der Waals surface area contributed by atoms with Crippen molar-refractivity contribution in [1.29, 1.82) is 0 Å². The van der Waals surface area contributed by atoms with E-state index in [2.05, 4.69) is 15.2 Å². The molecule has 0 amide bonds. The average Bonchev–Trinajstić information content (AvgIpc) is 3.05. The van der Waals surface area contributed by atoms with Crippen LogP contribution in [0, 0.1) is 0 Å². The van der Waals surface area contributed by atoms with Crippen molar-refractivity contribution in [3.8, 4) is 0 Å². The number of H-pyrrole nitrogens is 2. The molecular formula is C17H14ClN3O2. The highest BCUT2D eigenvalue weighted by Gasteiger charge is 2.17. The first-order valence-corrected chi connectivity index (χ1v) is 7.48. The Morgan fingerprint density at radius 1 is 1.13 bits per heavy atom. The molecular weight excluding hydrogens is 314 g/mol. The molecule has 0 aliphatic rings. The molecule has 1 atom stereocenters. The van der Waals surface area contributed by atoms with Crippen molar-refractivity contribution in [3.05, 3.63) is 86.6 Å². The van der Waals surface area contributed by atoms with Gasteiger partial charge >= 0.3 is 0 Å². The zero-order valence-corrected chi connectivity index (χ0v) is 13.1. The topological polar surface area (TPSA) is 78.6 Å². The van der Waals surface area contributed by atoms with Crippen molar-refractivity contribution in [1.82, 2.24) is 15.2 Å². The maximum atomic E-state index is 12.5. The highest BCUT2D eigenvalue weighted by molar-refractivity contribution is 6.34. The van der Waals surface area contributed by atoms with E-state index in [0.29, 0.717) is 22.0 Å². The number of aromatic amines is 2. The molecule has 0 fully saturated rings. The SMILES string of the molecule is CC(c1ccc(=O)[nH]n1)c1ccc(C(=O)c2ccccc2Cl)[nH]1. The van der Waals surface area contributed by atoms with Crippen molar-refractivity contribution in [2.75, 3.05) is 0 Å². The lowest BCUT2D eigenvalue weighted by Crippen LogP contribution is -2.10. The van der Waals surface area contributed by atoms with Crippen LogP contribution in [0.5, 0.6) is 0 Å². The van der Waals surface area contributed by atoms with Crippen molar-refractivity contribution in [3.63, 3.8) is 0 Å². The number of rotatable bonds is 4. The molecule has 116 valence electrons. The van der Waals surface area contributed by atoms with E-state index in [0.717, 1.165) is 5.69 Å². The lowest BCUT2D eigenvalue weighted by Gasteiger charge is -2.08. The van der Waals surface area contributed by atoms with E-state index in [1.165, 1.54) is 6.07 Å². The Hall–Kier alpha value is -2.66. The molecule has 5 nitrogen and oxygen atoms in total. The zero-order valence-electron chi connectivity index (χ0n) is 12.3. The first-order chi connectivity index (χ1) is 11.1. The molecule has 3 aromatic rings. The van der Waals surface area contributed by atoms with Crippen LogP contribution >= 0.6 is 11.6 Å². The Morgan fingerprint density at radius 2 is 1.91 bits per heavy atom. The monoisotopic (exact) mass is 327 g/mol. The summed E-state index contributed by atoms with van der Waals surface area (Å²) in [5.74, 6) is -0.247. The molecule has 3 rings (SSSR count). The summed E-state index contributed by atoms with van der Waals surface area (Å²) in [6.07, 6.45) is 0. The van der Waals surface area contributed by atoms with Crippen LogP contribution in [0.3, 0.4) is 0 Å². The minimum atomic E-state index is -0.248. The van der Waals surface area contributed by atoms with Gasteiger partial charge in [0, 0.05) is 23.2 Å². The van der Waals surface area contributed by atoms with Gasteiger partial charge in [0.15, 0.2) is 0 Å². The summed E-state index contributed by atoms with van der Waals surface area (Å²) in [5, 5.41) is 6.85. The molecule has 23 heavy (non-hydrogen) atoms. The van der Waals surface area contributed by atoms with Crippen LogP contribution in [0.4, 0.5) is 0 Å². The Labute approximate surface area is 137 Å². The van der Waals surface area contributed by atoms with E-state index in [1.54, 1.807) is 36.4 Å². The number of benzene rings is 1. The molecule has 0 saturated carbocycles. The van der Waals surface area contributed by atoms with Crippen LogP contribution in [0.15, 0.2) is 53.3 Å². The van der Waals surface area contributed by atoms with E-state index in [9.17, 15) is 9.59 Å². The molecule has 0 bridgehead atoms. The summed E-state index contributed by atoms with van der Waals surface area (Å²) in [6.45, 7) is 1.94. The number of hydrogen-bond donors (Lipinski definition) is 2. The van der Waals surface area contributed by atoms with E-state index in [-0.39, 0.29) is 17.3 Å². The molecule has 0 saturated heterocycles. The standard InChI is InChI=1S/C17H14ClN3O2/c1-10(14-8-9-16(22)21-20-14)13-6-7-15(19-13)17(23)11-4-2-3-5-12(11)18/h2-10,19H,1H3,(H,21,22). The number of carbonyl (C=O) groups is 1. The number of nitrogens with zero attached hydrogens (tertiary/aromatic N) is 1. The van der Waals surface area contributed by atoms with E-state index in [1.807, 2.05) is 13.0 Å².